The van der Waals surface area contributed by atoms with Crippen LogP contribution in [0.5, 0.6) is 0 Å². The molecule has 2 fully saturated rings. The van der Waals surface area contributed by atoms with Gasteiger partial charge < -0.3 is 10.2 Å². The third kappa shape index (κ3) is 3.69. The molecule has 1 N–H and O–H groups in total. The van der Waals surface area contributed by atoms with Crippen molar-refractivity contribution in [2.45, 2.75) is 63.6 Å². The Kier molecular flexibility index (Phi) is 4.38. The molecule has 3 rings (SSSR count). The first-order chi connectivity index (χ1) is 9.33. The van der Waals surface area contributed by atoms with E-state index in [4.69, 9.17) is 12.2 Å². The third-order valence-electron chi connectivity index (χ3n) is 4.09. The Labute approximate surface area is 125 Å². The number of nitrogens with one attached hydrogen (secondary N) is 1. The highest BCUT2D eigenvalue weighted by molar-refractivity contribution is 7.80. The highest BCUT2D eigenvalue weighted by atomic mass is 32.1. The second-order valence-electron chi connectivity index (χ2n) is 5.72. The molecule has 104 valence electrons. The van der Waals surface area contributed by atoms with Gasteiger partial charge in [-0.25, -0.2) is 0 Å². The Bertz CT molecular complexity index is 406. The van der Waals surface area contributed by atoms with Crippen molar-refractivity contribution in [3.05, 3.63) is 22.4 Å². The summed E-state index contributed by atoms with van der Waals surface area (Å²) < 4.78 is 0. The fourth-order valence-corrected chi connectivity index (χ4v) is 3.91. The molecule has 1 heterocycles. The Morgan fingerprint density at radius 1 is 1.26 bits per heavy atom. The normalized spacial score (nSPS) is 20.2. The summed E-state index contributed by atoms with van der Waals surface area (Å²) in [4.78, 5) is 3.83. The minimum Gasteiger partial charge on any atom is -0.360 e. The lowest BCUT2D eigenvalue weighted by Crippen LogP contribution is -2.45. The predicted molar refractivity (Wildman–Crippen MR) is 85.5 cm³/mol. The first-order valence-electron chi connectivity index (χ1n) is 7.42. The molecule has 4 heteroatoms. The molecule has 1 aromatic rings. The highest BCUT2D eigenvalue weighted by Crippen LogP contribution is 2.29. The summed E-state index contributed by atoms with van der Waals surface area (Å²) in [6.45, 7) is 0.987. The van der Waals surface area contributed by atoms with Gasteiger partial charge in [0.25, 0.3) is 0 Å². The maximum absolute atomic E-state index is 5.67. The fourth-order valence-electron chi connectivity index (χ4n) is 2.83. The predicted octanol–water partition coefficient (Wildman–Crippen LogP) is 3.92. The minimum absolute atomic E-state index is 0.617. The zero-order valence-electron chi connectivity index (χ0n) is 11.3. The van der Waals surface area contributed by atoms with Crippen LogP contribution in [-0.4, -0.2) is 22.1 Å². The standard InChI is InChI=1S/C15H22N2S2/c18-15(16-12-5-2-1-3-6-12)17(13-8-9-13)11-14-7-4-10-19-14/h4,7,10,12-13H,1-3,5-6,8-9,11H2,(H,16,18). The Morgan fingerprint density at radius 2 is 2.05 bits per heavy atom. The van der Waals surface area contributed by atoms with Crippen LogP contribution in [0.2, 0.25) is 0 Å². The molecule has 2 nitrogen and oxygen atoms in total. The lowest BCUT2D eigenvalue weighted by molar-refractivity contribution is 0.363. The first kappa shape index (κ1) is 13.4. The van der Waals surface area contributed by atoms with Crippen LogP contribution < -0.4 is 5.32 Å². The van der Waals surface area contributed by atoms with Crippen molar-refractivity contribution in [1.29, 1.82) is 0 Å². The number of rotatable bonds is 4. The second kappa shape index (κ2) is 6.23. The van der Waals surface area contributed by atoms with Gasteiger partial charge in [-0.1, -0.05) is 25.3 Å². The van der Waals surface area contributed by atoms with Crippen molar-refractivity contribution in [1.82, 2.24) is 10.2 Å². The molecular weight excluding hydrogens is 272 g/mol. The van der Waals surface area contributed by atoms with E-state index in [9.17, 15) is 0 Å². The number of thiocarbonyl (C=S) groups is 1. The average molecular weight is 294 g/mol. The van der Waals surface area contributed by atoms with Crippen LogP contribution in [0, 0.1) is 0 Å². The lowest BCUT2D eigenvalue weighted by atomic mass is 9.96. The van der Waals surface area contributed by atoms with E-state index in [0.29, 0.717) is 12.1 Å². The molecule has 0 amide bonds. The second-order valence-corrected chi connectivity index (χ2v) is 7.14. The van der Waals surface area contributed by atoms with Crippen LogP contribution in [0.15, 0.2) is 17.5 Å². The van der Waals surface area contributed by atoms with E-state index in [1.54, 1.807) is 0 Å². The summed E-state index contributed by atoms with van der Waals surface area (Å²) in [6, 6.07) is 5.64. The van der Waals surface area contributed by atoms with E-state index < -0.39 is 0 Å². The van der Waals surface area contributed by atoms with Crippen molar-refractivity contribution in [3.63, 3.8) is 0 Å². The molecule has 1 aromatic heterocycles. The van der Waals surface area contributed by atoms with Crippen LogP contribution in [0.1, 0.15) is 49.8 Å². The summed E-state index contributed by atoms with van der Waals surface area (Å²) in [5, 5.41) is 6.75. The molecule has 0 atom stereocenters. The lowest BCUT2D eigenvalue weighted by Gasteiger charge is -2.30. The maximum atomic E-state index is 5.67. The quantitative estimate of drug-likeness (QED) is 0.847. The van der Waals surface area contributed by atoms with E-state index in [-0.39, 0.29) is 0 Å². The number of hydrogen-bond acceptors (Lipinski definition) is 2. The molecule has 2 aliphatic carbocycles. The number of nitrogens with zero attached hydrogens (tertiary/aromatic N) is 1. The summed E-state index contributed by atoms with van der Waals surface area (Å²) in [5.41, 5.74) is 0. The van der Waals surface area contributed by atoms with Crippen molar-refractivity contribution < 1.29 is 0 Å². The van der Waals surface area contributed by atoms with Crippen molar-refractivity contribution in [3.8, 4) is 0 Å². The topological polar surface area (TPSA) is 15.3 Å². The SMILES string of the molecule is S=C(NC1CCCCC1)N(Cc1cccs1)C1CC1. The molecule has 2 saturated carbocycles. The fraction of sp³-hybridized carbons (Fsp3) is 0.667. The third-order valence-corrected chi connectivity index (χ3v) is 5.30. The van der Waals surface area contributed by atoms with Crippen molar-refractivity contribution >= 4 is 28.7 Å². The van der Waals surface area contributed by atoms with Crippen LogP contribution >= 0.6 is 23.6 Å². The van der Waals surface area contributed by atoms with Gasteiger partial charge in [-0.15, -0.1) is 11.3 Å². The molecule has 19 heavy (non-hydrogen) atoms. The largest absolute Gasteiger partial charge is 0.360 e. The Balaban J connectivity index is 1.57. The summed E-state index contributed by atoms with van der Waals surface area (Å²) in [5.74, 6) is 0. The average Bonchev–Trinajstić information content (AvgIpc) is 3.14. The molecule has 0 aromatic carbocycles. The van der Waals surface area contributed by atoms with E-state index in [1.165, 1.54) is 49.8 Å². The molecule has 0 saturated heterocycles. The molecule has 0 spiro atoms. The Hall–Kier alpha value is -0.610. The van der Waals surface area contributed by atoms with Crippen LogP contribution in [-0.2, 0) is 6.54 Å². The molecule has 0 bridgehead atoms. The highest BCUT2D eigenvalue weighted by Gasteiger charge is 2.31. The summed E-state index contributed by atoms with van der Waals surface area (Å²) >= 11 is 7.50. The monoisotopic (exact) mass is 294 g/mol. The van der Waals surface area contributed by atoms with E-state index >= 15 is 0 Å². The molecule has 0 radical (unpaired) electrons. The number of hydrogen-bond donors (Lipinski definition) is 1. The van der Waals surface area contributed by atoms with Gasteiger partial charge in [-0.05, 0) is 49.3 Å². The van der Waals surface area contributed by atoms with E-state index in [2.05, 4.69) is 27.7 Å². The van der Waals surface area contributed by atoms with Gasteiger partial charge in [0.05, 0.1) is 6.54 Å². The zero-order valence-corrected chi connectivity index (χ0v) is 12.9. The van der Waals surface area contributed by atoms with Gasteiger partial charge in [0.15, 0.2) is 5.11 Å². The smallest absolute Gasteiger partial charge is 0.169 e. The maximum Gasteiger partial charge on any atom is 0.169 e. The van der Waals surface area contributed by atoms with Crippen LogP contribution in [0.25, 0.3) is 0 Å². The van der Waals surface area contributed by atoms with E-state index in [0.717, 1.165) is 11.7 Å². The molecule has 0 aliphatic heterocycles. The van der Waals surface area contributed by atoms with Crippen LogP contribution in [0.4, 0.5) is 0 Å². The zero-order chi connectivity index (χ0) is 13.1. The molecular formula is C15H22N2S2. The van der Waals surface area contributed by atoms with Gasteiger partial charge in [-0.2, -0.15) is 0 Å². The van der Waals surface area contributed by atoms with Gasteiger partial charge in [0, 0.05) is 17.0 Å². The van der Waals surface area contributed by atoms with E-state index in [1.807, 2.05) is 11.3 Å². The van der Waals surface area contributed by atoms with Crippen LogP contribution in [0.3, 0.4) is 0 Å². The van der Waals surface area contributed by atoms with Gasteiger partial charge in [0.1, 0.15) is 0 Å². The molecule has 2 aliphatic rings. The summed E-state index contributed by atoms with van der Waals surface area (Å²) in [6.07, 6.45) is 9.29. The van der Waals surface area contributed by atoms with Crippen molar-refractivity contribution in [2.75, 3.05) is 0 Å². The van der Waals surface area contributed by atoms with Gasteiger partial charge in [-0.3, -0.25) is 0 Å². The van der Waals surface area contributed by atoms with Gasteiger partial charge in [0.2, 0.25) is 0 Å². The van der Waals surface area contributed by atoms with Crippen molar-refractivity contribution in [2.24, 2.45) is 0 Å². The summed E-state index contributed by atoms with van der Waals surface area (Å²) in [7, 11) is 0. The first-order valence-corrected chi connectivity index (χ1v) is 8.71. The molecule has 0 unspecified atom stereocenters. The number of thiophene rings is 1. The van der Waals surface area contributed by atoms with Gasteiger partial charge >= 0.3 is 0 Å². The Morgan fingerprint density at radius 3 is 2.68 bits per heavy atom. The minimum atomic E-state index is 0.617.